The molecule has 0 amide bonds. The Kier molecular flexibility index (Phi) is 4.63. The summed E-state index contributed by atoms with van der Waals surface area (Å²) in [5, 5.41) is 3.50. The van der Waals surface area contributed by atoms with Crippen LogP contribution in [-0.2, 0) is 6.42 Å². The van der Waals surface area contributed by atoms with Gasteiger partial charge in [-0.1, -0.05) is 41.1 Å². The van der Waals surface area contributed by atoms with Gasteiger partial charge in [-0.05, 0) is 56.2 Å². The molecule has 1 nitrogen and oxygen atoms in total. The first-order valence-corrected chi connectivity index (χ1v) is 7.40. The van der Waals surface area contributed by atoms with E-state index in [9.17, 15) is 0 Å². The summed E-state index contributed by atoms with van der Waals surface area (Å²) in [6.45, 7) is 2.39. The van der Waals surface area contributed by atoms with E-state index in [4.69, 9.17) is 0 Å². The fourth-order valence-electron chi connectivity index (χ4n) is 3.05. The first kappa shape index (κ1) is 13.1. The Balaban J connectivity index is 2.07. The Morgan fingerprint density at radius 2 is 2.06 bits per heavy atom. The number of halogens is 1. The molecule has 0 saturated heterocycles. The van der Waals surface area contributed by atoms with E-state index in [1.807, 2.05) is 0 Å². The van der Waals surface area contributed by atoms with Crippen LogP contribution in [0, 0.1) is 11.8 Å². The molecule has 1 aliphatic rings. The van der Waals surface area contributed by atoms with Gasteiger partial charge in [0.15, 0.2) is 0 Å². The first-order valence-electron chi connectivity index (χ1n) is 6.61. The van der Waals surface area contributed by atoms with Crippen LogP contribution in [0.1, 0.15) is 31.7 Å². The molecule has 0 heterocycles. The third-order valence-electron chi connectivity index (χ3n) is 4.06. The Bertz CT molecular complexity index is 364. The van der Waals surface area contributed by atoms with Crippen LogP contribution in [0.15, 0.2) is 28.7 Å². The molecule has 0 aromatic heterocycles. The minimum absolute atomic E-state index is 0.693. The predicted octanol–water partition coefficient (Wildman–Crippen LogP) is 4.02. The average molecular weight is 296 g/mol. The van der Waals surface area contributed by atoms with E-state index in [0.717, 1.165) is 11.8 Å². The molecule has 1 saturated carbocycles. The smallest absolute Gasteiger partial charge is 0.0207 e. The van der Waals surface area contributed by atoms with Crippen molar-refractivity contribution < 1.29 is 0 Å². The summed E-state index contributed by atoms with van der Waals surface area (Å²) in [6.07, 6.45) is 5.24. The van der Waals surface area contributed by atoms with E-state index in [1.54, 1.807) is 0 Å². The maximum Gasteiger partial charge on any atom is 0.0207 e. The summed E-state index contributed by atoms with van der Waals surface area (Å²) in [6, 6.07) is 9.32. The van der Waals surface area contributed by atoms with Crippen LogP contribution in [0.5, 0.6) is 0 Å². The van der Waals surface area contributed by atoms with Gasteiger partial charge in [-0.15, -0.1) is 0 Å². The molecule has 1 fully saturated rings. The van der Waals surface area contributed by atoms with Crippen LogP contribution in [0.2, 0.25) is 0 Å². The Labute approximate surface area is 113 Å². The van der Waals surface area contributed by atoms with Crippen LogP contribution >= 0.6 is 15.9 Å². The lowest BCUT2D eigenvalue weighted by Crippen LogP contribution is -2.39. The van der Waals surface area contributed by atoms with Gasteiger partial charge in [0, 0.05) is 10.5 Å². The molecular formula is C15H22BrN. The topological polar surface area (TPSA) is 12.0 Å². The van der Waals surface area contributed by atoms with Gasteiger partial charge in [0.2, 0.25) is 0 Å². The van der Waals surface area contributed by atoms with Gasteiger partial charge in [0.1, 0.15) is 0 Å². The molecule has 0 bridgehead atoms. The summed E-state index contributed by atoms with van der Waals surface area (Å²) < 4.78 is 1.26. The molecular weight excluding hydrogens is 274 g/mol. The number of benzene rings is 1. The van der Waals surface area contributed by atoms with Gasteiger partial charge >= 0.3 is 0 Å². The van der Waals surface area contributed by atoms with Gasteiger partial charge in [-0.2, -0.15) is 0 Å². The number of hydrogen-bond donors (Lipinski definition) is 1. The zero-order chi connectivity index (χ0) is 12.3. The highest BCUT2D eigenvalue weighted by atomic mass is 79.9. The first-order chi connectivity index (χ1) is 8.20. The lowest BCUT2D eigenvalue weighted by atomic mass is 9.76. The van der Waals surface area contributed by atoms with Crippen molar-refractivity contribution in [2.24, 2.45) is 11.8 Å². The monoisotopic (exact) mass is 295 g/mol. The molecule has 0 radical (unpaired) electrons. The van der Waals surface area contributed by atoms with E-state index in [0.29, 0.717) is 6.04 Å². The molecule has 0 aliphatic heterocycles. The van der Waals surface area contributed by atoms with Gasteiger partial charge in [-0.3, -0.25) is 0 Å². The van der Waals surface area contributed by atoms with Crippen molar-refractivity contribution in [3.8, 4) is 0 Å². The normalized spacial score (nSPS) is 29.2. The molecule has 3 unspecified atom stereocenters. The molecule has 1 aliphatic carbocycles. The van der Waals surface area contributed by atoms with E-state index >= 15 is 0 Å². The van der Waals surface area contributed by atoms with Crippen molar-refractivity contribution >= 4 is 15.9 Å². The maximum atomic E-state index is 3.66. The average Bonchev–Trinajstić information content (AvgIpc) is 2.32. The highest BCUT2D eigenvalue weighted by molar-refractivity contribution is 9.10. The van der Waals surface area contributed by atoms with E-state index in [2.05, 4.69) is 59.5 Å². The van der Waals surface area contributed by atoms with Crippen molar-refractivity contribution in [3.63, 3.8) is 0 Å². The van der Waals surface area contributed by atoms with Crippen molar-refractivity contribution in [1.82, 2.24) is 5.32 Å². The molecule has 2 heteroatoms. The SMILES string of the molecule is CNC1CCC(C)CC1Cc1ccccc1Br. The van der Waals surface area contributed by atoms with Crippen LogP contribution in [0.4, 0.5) is 0 Å². The van der Waals surface area contributed by atoms with Crippen molar-refractivity contribution in [2.75, 3.05) is 7.05 Å². The van der Waals surface area contributed by atoms with Gasteiger partial charge in [0.25, 0.3) is 0 Å². The van der Waals surface area contributed by atoms with Crippen molar-refractivity contribution in [3.05, 3.63) is 34.3 Å². The fraction of sp³-hybridized carbons (Fsp3) is 0.600. The minimum Gasteiger partial charge on any atom is -0.317 e. The van der Waals surface area contributed by atoms with E-state index in [-0.39, 0.29) is 0 Å². The second-order valence-corrected chi connectivity index (χ2v) is 6.22. The van der Waals surface area contributed by atoms with Crippen molar-refractivity contribution in [1.29, 1.82) is 0 Å². The number of rotatable bonds is 3. The van der Waals surface area contributed by atoms with E-state index in [1.165, 1.54) is 35.7 Å². The van der Waals surface area contributed by atoms with Gasteiger partial charge in [0.05, 0.1) is 0 Å². The molecule has 1 N–H and O–H groups in total. The quantitative estimate of drug-likeness (QED) is 0.888. The molecule has 1 aromatic rings. The summed E-state index contributed by atoms with van der Waals surface area (Å²) in [5.41, 5.74) is 1.45. The highest BCUT2D eigenvalue weighted by Gasteiger charge is 2.27. The molecule has 3 atom stereocenters. The van der Waals surface area contributed by atoms with Crippen LogP contribution in [0.3, 0.4) is 0 Å². The van der Waals surface area contributed by atoms with Gasteiger partial charge < -0.3 is 5.32 Å². The predicted molar refractivity (Wildman–Crippen MR) is 77.2 cm³/mol. The Morgan fingerprint density at radius 3 is 2.76 bits per heavy atom. The third-order valence-corrected chi connectivity index (χ3v) is 4.83. The summed E-state index contributed by atoms with van der Waals surface area (Å²) >= 11 is 3.66. The highest BCUT2D eigenvalue weighted by Crippen LogP contribution is 2.32. The summed E-state index contributed by atoms with van der Waals surface area (Å²) in [5.74, 6) is 1.66. The number of nitrogens with one attached hydrogen (secondary N) is 1. The fourth-order valence-corrected chi connectivity index (χ4v) is 3.50. The lowest BCUT2D eigenvalue weighted by molar-refractivity contribution is 0.220. The van der Waals surface area contributed by atoms with Crippen LogP contribution in [-0.4, -0.2) is 13.1 Å². The standard InChI is InChI=1S/C15H22BrN/c1-11-7-8-15(17-2)13(9-11)10-12-5-3-4-6-14(12)16/h3-6,11,13,15,17H,7-10H2,1-2H3. The zero-order valence-corrected chi connectivity index (χ0v) is 12.3. The molecule has 94 valence electrons. The number of hydrogen-bond acceptors (Lipinski definition) is 1. The lowest BCUT2D eigenvalue weighted by Gasteiger charge is -2.35. The third kappa shape index (κ3) is 3.32. The summed E-state index contributed by atoms with van der Waals surface area (Å²) in [4.78, 5) is 0. The van der Waals surface area contributed by atoms with E-state index < -0.39 is 0 Å². The Morgan fingerprint density at radius 1 is 1.29 bits per heavy atom. The second kappa shape index (κ2) is 6.01. The molecule has 1 aromatic carbocycles. The van der Waals surface area contributed by atoms with Crippen molar-refractivity contribution in [2.45, 2.75) is 38.6 Å². The zero-order valence-electron chi connectivity index (χ0n) is 10.7. The van der Waals surface area contributed by atoms with Crippen LogP contribution < -0.4 is 5.32 Å². The molecule has 17 heavy (non-hydrogen) atoms. The largest absolute Gasteiger partial charge is 0.317 e. The maximum absolute atomic E-state index is 3.66. The Hall–Kier alpha value is -0.340. The molecule has 0 spiro atoms. The molecule has 2 rings (SSSR count). The summed E-state index contributed by atoms with van der Waals surface area (Å²) in [7, 11) is 2.10. The minimum atomic E-state index is 0.693. The van der Waals surface area contributed by atoms with Gasteiger partial charge in [-0.25, -0.2) is 0 Å². The van der Waals surface area contributed by atoms with Crippen LogP contribution in [0.25, 0.3) is 0 Å². The second-order valence-electron chi connectivity index (χ2n) is 5.37.